The third kappa shape index (κ3) is 5.88. The molecule has 19 heavy (non-hydrogen) atoms. The highest BCUT2D eigenvalue weighted by molar-refractivity contribution is 5.80. The molecule has 1 saturated heterocycles. The second-order valence-electron chi connectivity index (χ2n) is 4.42. The van der Waals surface area contributed by atoms with Crippen LogP contribution in [0.4, 0.5) is 13.2 Å². The van der Waals surface area contributed by atoms with Crippen LogP contribution in [0.3, 0.4) is 0 Å². The van der Waals surface area contributed by atoms with Crippen molar-refractivity contribution in [2.45, 2.75) is 25.3 Å². The first kappa shape index (κ1) is 15.7. The molecule has 0 bridgehead atoms. The van der Waals surface area contributed by atoms with Crippen LogP contribution in [0.5, 0.6) is 0 Å². The maximum atomic E-state index is 11.9. The lowest BCUT2D eigenvalue weighted by Crippen LogP contribution is -2.54. The quantitative estimate of drug-likeness (QED) is 0.710. The fourth-order valence-corrected chi connectivity index (χ4v) is 1.78. The highest BCUT2D eigenvalue weighted by atomic mass is 19.4. The molecule has 9 heteroatoms. The number of nitrogens with zero attached hydrogens (tertiary/aromatic N) is 1. The summed E-state index contributed by atoms with van der Waals surface area (Å²) in [6.45, 7) is 0.538. The Morgan fingerprint density at radius 2 is 2.05 bits per heavy atom. The van der Waals surface area contributed by atoms with Crippen LogP contribution in [-0.2, 0) is 14.3 Å². The molecule has 0 aromatic rings. The average Bonchev–Trinajstić information content (AvgIpc) is 2.24. The van der Waals surface area contributed by atoms with Crippen LogP contribution >= 0.6 is 0 Å². The van der Waals surface area contributed by atoms with Crippen molar-refractivity contribution in [3.8, 4) is 0 Å². The van der Waals surface area contributed by atoms with E-state index < -0.39 is 30.6 Å². The van der Waals surface area contributed by atoms with Crippen molar-refractivity contribution < 1.29 is 27.5 Å². The normalized spacial score (nSPS) is 25.1. The Kier molecular flexibility index (Phi) is 5.12. The SMILES string of the molecule is C[C@@H]1CN(CC(=O)NCC(F)(F)F)CC(C(N)=O)O1. The molecule has 0 spiro atoms. The molecule has 2 amide bonds. The molecule has 1 aliphatic heterocycles. The van der Waals surface area contributed by atoms with Gasteiger partial charge >= 0.3 is 6.18 Å². The van der Waals surface area contributed by atoms with E-state index in [0.717, 1.165) is 0 Å². The smallest absolute Gasteiger partial charge is 0.367 e. The first-order valence-corrected chi connectivity index (χ1v) is 5.68. The zero-order chi connectivity index (χ0) is 14.6. The molecule has 0 aromatic carbocycles. The van der Waals surface area contributed by atoms with Crippen LogP contribution in [0.15, 0.2) is 0 Å². The first-order chi connectivity index (χ1) is 8.67. The number of amides is 2. The van der Waals surface area contributed by atoms with Gasteiger partial charge in [-0.25, -0.2) is 0 Å². The highest BCUT2D eigenvalue weighted by Crippen LogP contribution is 2.13. The summed E-state index contributed by atoms with van der Waals surface area (Å²) in [7, 11) is 0. The van der Waals surface area contributed by atoms with E-state index in [1.54, 1.807) is 12.2 Å². The number of carbonyl (C=O) groups excluding carboxylic acids is 2. The predicted molar refractivity (Wildman–Crippen MR) is 59.0 cm³/mol. The third-order valence-electron chi connectivity index (χ3n) is 2.51. The molecular weight excluding hydrogens is 267 g/mol. The van der Waals surface area contributed by atoms with Crippen LogP contribution in [0.25, 0.3) is 0 Å². The molecule has 0 aromatic heterocycles. The second kappa shape index (κ2) is 6.20. The van der Waals surface area contributed by atoms with Crippen molar-refractivity contribution in [3.05, 3.63) is 0 Å². The summed E-state index contributed by atoms with van der Waals surface area (Å²) >= 11 is 0. The van der Waals surface area contributed by atoms with Crippen molar-refractivity contribution in [2.75, 3.05) is 26.2 Å². The lowest BCUT2D eigenvalue weighted by atomic mass is 10.2. The lowest BCUT2D eigenvalue weighted by Gasteiger charge is -2.34. The number of ether oxygens (including phenoxy) is 1. The van der Waals surface area contributed by atoms with Crippen LogP contribution in [0.1, 0.15) is 6.92 Å². The van der Waals surface area contributed by atoms with Gasteiger partial charge in [-0.15, -0.1) is 0 Å². The monoisotopic (exact) mass is 283 g/mol. The number of hydrogen-bond acceptors (Lipinski definition) is 4. The molecule has 1 aliphatic rings. The van der Waals surface area contributed by atoms with Gasteiger partial charge in [0.1, 0.15) is 12.6 Å². The number of carbonyl (C=O) groups is 2. The van der Waals surface area contributed by atoms with Crippen LogP contribution in [-0.4, -0.2) is 61.3 Å². The van der Waals surface area contributed by atoms with Gasteiger partial charge in [0.15, 0.2) is 0 Å². The zero-order valence-electron chi connectivity index (χ0n) is 10.4. The zero-order valence-corrected chi connectivity index (χ0v) is 10.4. The molecule has 110 valence electrons. The van der Waals surface area contributed by atoms with E-state index in [9.17, 15) is 22.8 Å². The molecule has 1 rings (SSSR count). The Balaban J connectivity index is 2.43. The van der Waals surface area contributed by atoms with E-state index in [-0.39, 0.29) is 19.2 Å². The molecule has 1 heterocycles. The fraction of sp³-hybridized carbons (Fsp3) is 0.800. The van der Waals surface area contributed by atoms with Gasteiger partial charge in [-0.2, -0.15) is 13.2 Å². The van der Waals surface area contributed by atoms with E-state index in [0.29, 0.717) is 6.54 Å². The average molecular weight is 283 g/mol. The summed E-state index contributed by atoms with van der Waals surface area (Å²) in [6, 6.07) is 0. The molecule has 1 fully saturated rings. The largest absolute Gasteiger partial charge is 0.405 e. The first-order valence-electron chi connectivity index (χ1n) is 5.68. The minimum Gasteiger partial charge on any atom is -0.367 e. The van der Waals surface area contributed by atoms with Gasteiger partial charge < -0.3 is 15.8 Å². The molecule has 0 radical (unpaired) electrons. The number of morpholine rings is 1. The molecule has 6 nitrogen and oxygen atoms in total. The summed E-state index contributed by atoms with van der Waals surface area (Å²) in [6.07, 6.45) is -5.61. The van der Waals surface area contributed by atoms with Crippen LogP contribution in [0.2, 0.25) is 0 Å². The van der Waals surface area contributed by atoms with Crippen LogP contribution in [0, 0.1) is 0 Å². The van der Waals surface area contributed by atoms with E-state index in [1.165, 1.54) is 4.90 Å². The van der Waals surface area contributed by atoms with Crippen molar-refractivity contribution in [3.63, 3.8) is 0 Å². The van der Waals surface area contributed by atoms with Gasteiger partial charge in [0.25, 0.3) is 0 Å². The van der Waals surface area contributed by atoms with Gasteiger partial charge in [-0.3, -0.25) is 14.5 Å². The van der Waals surface area contributed by atoms with E-state index in [1.807, 2.05) is 0 Å². The number of hydrogen-bond donors (Lipinski definition) is 2. The maximum Gasteiger partial charge on any atom is 0.405 e. The Morgan fingerprint density at radius 1 is 1.42 bits per heavy atom. The molecule has 0 aliphatic carbocycles. The summed E-state index contributed by atoms with van der Waals surface area (Å²) in [5.74, 6) is -1.41. The van der Waals surface area contributed by atoms with Gasteiger partial charge in [0.05, 0.1) is 12.6 Å². The standard InChI is InChI=1S/C10H16F3N3O3/c1-6-2-16(3-7(19-6)9(14)18)4-8(17)15-5-10(11,12)13/h6-7H,2-5H2,1H3,(H2,14,18)(H,15,17)/t6-,7?/m1/s1. The van der Waals surface area contributed by atoms with Crippen molar-refractivity contribution in [1.29, 1.82) is 0 Å². The number of nitrogens with one attached hydrogen (secondary N) is 1. The van der Waals surface area contributed by atoms with E-state index in [4.69, 9.17) is 10.5 Å². The number of primary amides is 1. The van der Waals surface area contributed by atoms with Crippen molar-refractivity contribution >= 4 is 11.8 Å². The molecule has 2 atom stereocenters. The fourth-order valence-electron chi connectivity index (χ4n) is 1.78. The second-order valence-corrected chi connectivity index (χ2v) is 4.42. The lowest BCUT2D eigenvalue weighted by molar-refractivity contribution is -0.147. The number of rotatable bonds is 4. The number of halogens is 3. The van der Waals surface area contributed by atoms with Crippen molar-refractivity contribution in [1.82, 2.24) is 10.2 Å². The predicted octanol–water partition coefficient (Wildman–Crippen LogP) is -0.760. The Labute approximate surface area is 108 Å². The van der Waals surface area contributed by atoms with Crippen LogP contribution < -0.4 is 11.1 Å². The number of nitrogens with two attached hydrogens (primary N) is 1. The summed E-state index contributed by atoms with van der Waals surface area (Å²) in [5, 5.41) is 1.77. The highest BCUT2D eigenvalue weighted by Gasteiger charge is 2.31. The molecule has 0 saturated carbocycles. The topological polar surface area (TPSA) is 84.7 Å². The Hall–Kier alpha value is -1.35. The number of alkyl halides is 3. The van der Waals surface area contributed by atoms with Gasteiger partial charge in [-0.05, 0) is 6.92 Å². The van der Waals surface area contributed by atoms with E-state index >= 15 is 0 Å². The summed E-state index contributed by atoms with van der Waals surface area (Å²) in [4.78, 5) is 23.9. The van der Waals surface area contributed by atoms with E-state index in [2.05, 4.69) is 0 Å². The minimum absolute atomic E-state index is 0.0963. The third-order valence-corrected chi connectivity index (χ3v) is 2.51. The van der Waals surface area contributed by atoms with Gasteiger partial charge in [0, 0.05) is 13.1 Å². The Bertz CT molecular complexity index is 349. The minimum atomic E-state index is -4.44. The Morgan fingerprint density at radius 3 is 2.58 bits per heavy atom. The van der Waals surface area contributed by atoms with Gasteiger partial charge in [0.2, 0.25) is 11.8 Å². The maximum absolute atomic E-state index is 11.9. The van der Waals surface area contributed by atoms with Gasteiger partial charge in [-0.1, -0.05) is 0 Å². The summed E-state index contributed by atoms with van der Waals surface area (Å²) < 4.78 is 41.0. The summed E-state index contributed by atoms with van der Waals surface area (Å²) in [5.41, 5.74) is 5.10. The van der Waals surface area contributed by atoms with Crippen molar-refractivity contribution in [2.24, 2.45) is 5.73 Å². The molecule has 3 N–H and O–H groups in total. The molecule has 1 unspecified atom stereocenters. The molecular formula is C10H16F3N3O3.